The maximum atomic E-state index is 12.5. The first-order valence-electron chi connectivity index (χ1n) is 6.08. The zero-order chi connectivity index (χ0) is 14.8. The van der Waals surface area contributed by atoms with Crippen LogP contribution >= 0.6 is 0 Å². The van der Waals surface area contributed by atoms with Crippen molar-refractivity contribution >= 4 is 0 Å². The van der Waals surface area contributed by atoms with E-state index in [4.69, 9.17) is 0 Å². The van der Waals surface area contributed by atoms with Gasteiger partial charge in [0.15, 0.2) is 5.69 Å². The Labute approximate surface area is 113 Å². The molecule has 0 bridgehead atoms. The summed E-state index contributed by atoms with van der Waals surface area (Å²) in [6, 6.07) is 0.894. The van der Waals surface area contributed by atoms with Crippen LogP contribution in [0.2, 0.25) is 0 Å². The van der Waals surface area contributed by atoms with Crippen LogP contribution in [0.3, 0.4) is 0 Å². The molecule has 0 aliphatic carbocycles. The molecule has 1 N–H and O–H groups in total. The van der Waals surface area contributed by atoms with Gasteiger partial charge in [0, 0.05) is 30.2 Å². The molecule has 2 aromatic heterocycles. The highest BCUT2D eigenvalue weighted by atomic mass is 19.4. The van der Waals surface area contributed by atoms with E-state index >= 15 is 0 Å². The summed E-state index contributed by atoms with van der Waals surface area (Å²) in [6.07, 6.45) is -1.68. The molecule has 2 aromatic rings. The van der Waals surface area contributed by atoms with E-state index in [0.29, 0.717) is 12.2 Å². The fourth-order valence-electron chi connectivity index (χ4n) is 1.61. The van der Waals surface area contributed by atoms with Crippen LogP contribution in [0.15, 0.2) is 18.5 Å². The van der Waals surface area contributed by atoms with E-state index < -0.39 is 11.9 Å². The zero-order valence-electron chi connectivity index (χ0n) is 11.1. The van der Waals surface area contributed by atoms with Crippen molar-refractivity contribution in [1.82, 2.24) is 25.1 Å². The normalized spacial score (nSPS) is 11.8. The third kappa shape index (κ3) is 3.13. The number of rotatable bonds is 4. The zero-order valence-corrected chi connectivity index (χ0v) is 11.1. The molecule has 0 spiro atoms. The average molecular weight is 285 g/mol. The van der Waals surface area contributed by atoms with Gasteiger partial charge >= 0.3 is 6.18 Å². The molecule has 0 aromatic carbocycles. The fraction of sp³-hybridized carbons (Fsp3) is 0.417. The van der Waals surface area contributed by atoms with E-state index in [1.165, 1.54) is 6.20 Å². The van der Waals surface area contributed by atoms with Crippen molar-refractivity contribution in [2.75, 3.05) is 6.54 Å². The van der Waals surface area contributed by atoms with Gasteiger partial charge in [-0.15, -0.1) is 0 Å². The molecule has 108 valence electrons. The summed E-state index contributed by atoms with van der Waals surface area (Å²) in [6.45, 7) is 5.20. The van der Waals surface area contributed by atoms with Crippen LogP contribution in [-0.4, -0.2) is 26.3 Å². The van der Waals surface area contributed by atoms with Gasteiger partial charge < -0.3 is 5.32 Å². The Morgan fingerprint density at radius 2 is 2.10 bits per heavy atom. The van der Waals surface area contributed by atoms with Gasteiger partial charge in [-0.25, -0.2) is 14.6 Å². The van der Waals surface area contributed by atoms with Gasteiger partial charge in [0.25, 0.3) is 5.95 Å². The molecular weight excluding hydrogens is 271 g/mol. The molecule has 20 heavy (non-hydrogen) atoms. The first kappa shape index (κ1) is 14.4. The predicted molar refractivity (Wildman–Crippen MR) is 66.3 cm³/mol. The van der Waals surface area contributed by atoms with Crippen molar-refractivity contribution in [2.45, 2.75) is 26.6 Å². The summed E-state index contributed by atoms with van der Waals surface area (Å²) >= 11 is 0. The number of nitrogens with one attached hydrogen (secondary N) is 1. The first-order chi connectivity index (χ1) is 9.41. The van der Waals surface area contributed by atoms with Crippen LogP contribution in [0.1, 0.15) is 23.9 Å². The smallest absolute Gasteiger partial charge is 0.313 e. The van der Waals surface area contributed by atoms with Crippen molar-refractivity contribution in [3.05, 3.63) is 35.4 Å². The van der Waals surface area contributed by atoms with Crippen molar-refractivity contribution in [3.8, 4) is 5.95 Å². The van der Waals surface area contributed by atoms with Gasteiger partial charge in [-0.1, -0.05) is 6.92 Å². The molecule has 8 heteroatoms. The third-order valence-electron chi connectivity index (χ3n) is 2.72. The molecule has 0 aliphatic heterocycles. The topological polar surface area (TPSA) is 55.6 Å². The Bertz CT molecular complexity index is 591. The predicted octanol–water partition coefficient (Wildman–Crippen LogP) is 2.10. The van der Waals surface area contributed by atoms with Gasteiger partial charge in [-0.05, 0) is 19.5 Å². The second-order valence-electron chi connectivity index (χ2n) is 4.20. The van der Waals surface area contributed by atoms with Gasteiger partial charge in [0.2, 0.25) is 0 Å². The fourth-order valence-corrected chi connectivity index (χ4v) is 1.61. The van der Waals surface area contributed by atoms with Crippen molar-refractivity contribution < 1.29 is 13.2 Å². The summed E-state index contributed by atoms with van der Waals surface area (Å²) in [5.74, 6) is 0.123. The molecular formula is C12H14F3N5. The lowest BCUT2D eigenvalue weighted by Crippen LogP contribution is -2.15. The van der Waals surface area contributed by atoms with Crippen LogP contribution in [0, 0.1) is 6.92 Å². The molecule has 0 radical (unpaired) electrons. The van der Waals surface area contributed by atoms with E-state index in [-0.39, 0.29) is 5.95 Å². The van der Waals surface area contributed by atoms with Gasteiger partial charge in [0.05, 0.1) is 0 Å². The van der Waals surface area contributed by atoms with Gasteiger partial charge in [0.1, 0.15) is 0 Å². The highest BCUT2D eigenvalue weighted by molar-refractivity contribution is 5.22. The van der Waals surface area contributed by atoms with Crippen LogP contribution in [0.25, 0.3) is 5.95 Å². The van der Waals surface area contributed by atoms with Crippen LogP contribution in [0.4, 0.5) is 13.2 Å². The Kier molecular flexibility index (Phi) is 4.03. The highest BCUT2D eigenvalue weighted by Gasteiger charge is 2.33. The minimum absolute atomic E-state index is 0.123. The number of nitrogens with zero attached hydrogens (tertiary/aromatic N) is 4. The summed E-state index contributed by atoms with van der Waals surface area (Å²) in [5, 5.41) is 6.57. The first-order valence-corrected chi connectivity index (χ1v) is 6.08. The summed E-state index contributed by atoms with van der Waals surface area (Å²) in [5.41, 5.74) is 0.647. The lowest BCUT2D eigenvalue weighted by molar-refractivity contribution is -0.141. The molecule has 2 rings (SSSR count). The number of alkyl halides is 3. The minimum Gasteiger partial charge on any atom is -0.313 e. The Morgan fingerprint density at radius 3 is 2.65 bits per heavy atom. The molecule has 0 aliphatic rings. The van der Waals surface area contributed by atoms with E-state index in [0.717, 1.165) is 22.9 Å². The molecule has 0 saturated heterocycles. The molecule has 2 heterocycles. The monoisotopic (exact) mass is 285 g/mol. The van der Waals surface area contributed by atoms with Crippen LogP contribution in [0.5, 0.6) is 0 Å². The van der Waals surface area contributed by atoms with Gasteiger partial charge in [-0.3, -0.25) is 0 Å². The molecule has 5 nitrogen and oxygen atoms in total. The highest BCUT2D eigenvalue weighted by Crippen LogP contribution is 2.27. The SMILES string of the molecule is CCNCc1cnc(-n2ccc(C(F)(F)F)n2)nc1C. The maximum Gasteiger partial charge on any atom is 0.435 e. The van der Waals surface area contributed by atoms with E-state index in [1.54, 1.807) is 13.1 Å². The third-order valence-corrected chi connectivity index (χ3v) is 2.72. The summed E-state index contributed by atoms with van der Waals surface area (Å²) < 4.78 is 38.4. The largest absolute Gasteiger partial charge is 0.435 e. The average Bonchev–Trinajstić information content (AvgIpc) is 2.86. The van der Waals surface area contributed by atoms with Crippen molar-refractivity contribution in [1.29, 1.82) is 0 Å². The lowest BCUT2D eigenvalue weighted by Gasteiger charge is -2.07. The number of aromatic nitrogens is 4. The second kappa shape index (κ2) is 5.58. The minimum atomic E-state index is -4.47. The molecule has 0 amide bonds. The lowest BCUT2D eigenvalue weighted by atomic mass is 10.2. The van der Waals surface area contributed by atoms with E-state index in [9.17, 15) is 13.2 Å². The molecule has 0 saturated carbocycles. The van der Waals surface area contributed by atoms with Crippen molar-refractivity contribution in [2.24, 2.45) is 0 Å². The van der Waals surface area contributed by atoms with Crippen LogP contribution < -0.4 is 5.32 Å². The number of aryl methyl sites for hydroxylation is 1. The number of hydrogen-bond donors (Lipinski definition) is 1. The Balaban J connectivity index is 2.25. The maximum absolute atomic E-state index is 12.5. The molecule has 0 atom stereocenters. The standard InChI is InChI=1S/C12H14F3N5/c1-3-16-6-9-7-17-11(18-8(9)2)20-5-4-10(19-20)12(13,14)15/h4-5,7,16H,3,6H2,1-2H3. The second-order valence-corrected chi connectivity index (χ2v) is 4.20. The Hall–Kier alpha value is -1.96. The van der Waals surface area contributed by atoms with Crippen molar-refractivity contribution in [3.63, 3.8) is 0 Å². The Morgan fingerprint density at radius 1 is 1.35 bits per heavy atom. The van der Waals surface area contributed by atoms with Crippen LogP contribution in [-0.2, 0) is 12.7 Å². The summed E-state index contributed by atoms with van der Waals surface area (Å²) in [7, 11) is 0. The molecule has 0 unspecified atom stereocenters. The molecule has 0 fully saturated rings. The quantitative estimate of drug-likeness (QED) is 0.934. The van der Waals surface area contributed by atoms with E-state index in [1.807, 2.05) is 6.92 Å². The summed E-state index contributed by atoms with van der Waals surface area (Å²) in [4.78, 5) is 8.21. The van der Waals surface area contributed by atoms with Gasteiger partial charge in [-0.2, -0.15) is 18.3 Å². The number of halogens is 3. The van der Waals surface area contributed by atoms with E-state index in [2.05, 4.69) is 20.4 Å². The number of hydrogen-bond acceptors (Lipinski definition) is 4.